The number of halogens is 3. The first-order valence-electron chi connectivity index (χ1n) is 12.1. The number of aliphatic imine (C=N–C) groups is 1. The Morgan fingerprint density at radius 1 is 1.24 bits per heavy atom. The van der Waals surface area contributed by atoms with Crippen LogP contribution < -0.4 is 21.3 Å². The van der Waals surface area contributed by atoms with Crippen molar-refractivity contribution in [3.8, 4) is 0 Å². The molecule has 2 aromatic rings. The normalized spacial score (nSPS) is 17.6. The minimum absolute atomic E-state index is 0.0733. The fourth-order valence-corrected chi connectivity index (χ4v) is 4.99. The van der Waals surface area contributed by atoms with Crippen molar-refractivity contribution in [1.82, 2.24) is 10.2 Å². The van der Waals surface area contributed by atoms with Gasteiger partial charge in [0.15, 0.2) is 0 Å². The largest absolute Gasteiger partial charge is 0.382 e. The highest BCUT2D eigenvalue weighted by molar-refractivity contribution is 6.46. The fourth-order valence-electron chi connectivity index (χ4n) is 4.50. The lowest BCUT2D eigenvalue weighted by Gasteiger charge is -2.33. The second-order valence-corrected chi connectivity index (χ2v) is 9.79. The lowest BCUT2D eigenvalue weighted by atomic mass is 10.0. The van der Waals surface area contributed by atoms with Crippen LogP contribution in [0.1, 0.15) is 18.4 Å². The molecule has 8 nitrogen and oxygen atoms in total. The van der Waals surface area contributed by atoms with Crippen LogP contribution in [0.2, 0.25) is 10.0 Å². The maximum absolute atomic E-state index is 14.0. The minimum Gasteiger partial charge on any atom is -0.382 e. The molecular weight excluding hydrogens is 516 g/mol. The van der Waals surface area contributed by atoms with Crippen LogP contribution in [0.4, 0.5) is 15.8 Å². The Labute approximate surface area is 225 Å². The number of amidine groups is 1. The van der Waals surface area contributed by atoms with E-state index >= 15 is 0 Å². The molecule has 2 aromatic carbocycles. The molecular formula is C26H30Cl2FN7O. The van der Waals surface area contributed by atoms with Crippen molar-refractivity contribution in [2.45, 2.75) is 25.4 Å². The number of benzene rings is 2. The number of rotatable bonds is 7. The number of nitrogens with two attached hydrogens (primary N) is 1. The molecule has 0 radical (unpaired) electrons. The molecule has 2 aliphatic heterocycles. The monoisotopic (exact) mass is 545 g/mol. The third-order valence-corrected chi connectivity index (χ3v) is 7.40. The summed E-state index contributed by atoms with van der Waals surface area (Å²) in [7, 11) is 1.98. The molecule has 0 aromatic heterocycles. The molecule has 1 fully saturated rings. The molecule has 0 atom stereocenters. The van der Waals surface area contributed by atoms with E-state index in [1.165, 1.54) is 18.2 Å². The molecule has 1 amide bonds. The number of hydrogen-bond donors (Lipinski definition) is 4. The predicted octanol–water partition coefficient (Wildman–Crippen LogP) is 4.04. The van der Waals surface area contributed by atoms with Crippen molar-refractivity contribution in [2.75, 3.05) is 43.4 Å². The number of nitrogens with one attached hydrogen (secondary N) is 3. The highest BCUT2D eigenvalue weighted by Gasteiger charge is 2.23. The summed E-state index contributed by atoms with van der Waals surface area (Å²) in [6, 6.07) is 10.8. The van der Waals surface area contributed by atoms with Crippen molar-refractivity contribution < 1.29 is 9.18 Å². The third kappa shape index (κ3) is 6.41. The van der Waals surface area contributed by atoms with E-state index in [0.29, 0.717) is 41.1 Å². The fraction of sp³-hybridized carbons (Fsp3) is 0.346. The van der Waals surface area contributed by atoms with E-state index in [0.717, 1.165) is 31.6 Å². The van der Waals surface area contributed by atoms with Gasteiger partial charge < -0.3 is 26.2 Å². The zero-order valence-electron chi connectivity index (χ0n) is 20.5. The van der Waals surface area contributed by atoms with Crippen LogP contribution in [0, 0.1) is 11.2 Å². The Balaban J connectivity index is 1.47. The SMILES string of the molecule is CNC1CCN(c2cccc(NC(=O)C(=N)/C=C3\C(N)=NCCN3Cc3c(Cl)ccc(F)c3Cl)c2)CC1. The highest BCUT2D eigenvalue weighted by atomic mass is 35.5. The summed E-state index contributed by atoms with van der Waals surface area (Å²) >= 11 is 12.4. The summed E-state index contributed by atoms with van der Waals surface area (Å²) in [4.78, 5) is 21.2. The van der Waals surface area contributed by atoms with E-state index in [1.807, 2.05) is 25.2 Å². The third-order valence-electron chi connectivity index (χ3n) is 6.64. The molecule has 0 saturated carbocycles. The first kappa shape index (κ1) is 26.9. The standard InChI is InChI=1S/C26H30Cl2FN7O/c1-32-16-7-10-35(11-8-16)18-4-2-3-17(13-18)34-26(37)22(30)14-23-25(31)33-9-12-36(23)15-19-20(27)5-6-21(29)24(19)28/h2-6,13-14,16,30,32H,7-12,15H2,1H3,(H2,31,33)(H,34,37)/b23-14+,30-22?. The van der Waals surface area contributed by atoms with Crippen molar-refractivity contribution >= 4 is 52.0 Å². The summed E-state index contributed by atoms with van der Waals surface area (Å²) < 4.78 is 14.0. The lowest BCUT2D eigenvalue weighted by Crippen LogP contribution is -2.41. The van der Waals surface area contributed by atoms with Crippen LogP contribution in [-0.4, -0.2) is 61.6 Å². The molecule has 2 aliphatic rings. The molecule has 4 rings (SSSR count). The zero-order valence-corrected chi connectivity index (χ0v) is 22.0. The predicted molar refractivity (Wildman–Crippen MR) is 148 cm³/mol. The van der Waals surface area contributed by atoms with Crippen LogP contribution in [0.5, 0.6) is 0 Å². The van der Waals surface area contributed by atoms with E-state index in [9.17, 15) is 9.18 Å². The number of hydrogen-bond acceptors (Lipinski definition) is 7. The van der Waals surface area contributed by atoms with Crippen LogP contribution in [-0.2, 0) is 11.3 Å². The van der Waals surface area contributed by atoms with Gasteiger partial charge in [-0.2, -0.15) is 0 Å². The van der Waals surface area contributed by atoms with Gasteiger partial charge in [-0.05, 0) is 56.3 Å². The van der Waals surface area contributed by atoms with Gasteiger partial charge in [0.05, 0.1) is 17.3 Å². The average molecular weight is 546 g/mol. The lowest BCUT2D eigenvalue weighted by molar-refractivity contribution is -0.110. The van der Waals surface area contributed by atoms with Gasteiger partial charge in [-0.25, -0.2) is 4.39 Å². The summed E-state index contributed by atoms with van der Waals surface area (Å²) in [5, 5.41) is 14.8. The summed E-state index contributed by atoms with van der Waals surface area (Å²) in [5.74, 6) is -0.982. The summed E-state index contributed by atoms with van der Waals surface area (Å²) in [5.41, 5.74) is 8.22. The number of carbonyl (C=O) groups is 1. The molecule has 37 heavy (non-hydrogen) atoms. The van der Waals surface area contributed by atoms with Gasteiger partial charge in [-0.15, -0.1) is 0 Å². The van der Waals surface area contributed by atoms with E-state index < -0.39 is 11.7 Å². The molecule has 0 bridgehead atoms. The number of amides is 1. The van der Waals surface area contributed by atoms with Crippen LogP contribution in [0.25, 0.3) is 0 Å². The average Bonchev–Trinajstić information content (AvgIpc) is 2.90. The Bertz CT molecular complexity index is 1240. The highest BCUT2D eigenvalue weighted by Crippen LogP contribution is 2.30. The summed E-state index contributed by atoms with van der Waals surface area (Å²) in [6.45, 7) is 2.86. The van der Waals surface area contributed by atoms with Crippen molar-refractivity contribution in [1.29, 1.82) is 5.41 Å². The molecule has 196 valence electrons. The van der Waals surface area contributed by atoms with Gasteiger partial charge in [-0.1, -0.05) is 29.3 Å². The van der Waals surface area contributed by atoms with Gasteiger partial charge in [0.2, 0.25) is 0 Å². The van der Waals surface area contributed by atoms with E-state index in [1.54, 1.807) is 11.0 Å². The molecule has 1 saturated heterocycles. The van der Waals surface area contributed by atoms with E-state index in [2.05, 4.69) is 20.5 Å². The molecule has 0 unspecified atom stereocenters. The summed E-state index contributed by atoms with van der Waals surface area (Å²) in [6.07, 6.45) is 3.47. The van der Waals surface area contributed by atoms with Gasteiger partial charge in [0.1, 0.15) is 17.4 Å². The first-order valence-corrected chi connectivity index (χ1v) is 12.8. The Hall–Kier alpha value is -3.14. The van der Waals surface area contributed by atoms with Gasteiger partial charge >= 0.3 is 0 Å². The zero-order chi connectivity index (χ0) is 26.5. The topological polar surface area (TPSA) is 110 Å². The smallest absolute Gasteiger partial charge is 0.273 e. The second-order valence-electron chi connectivity index (χ2n) is 9.01. The van der Waals surface area contributed by atoms with Gasteiger partial charge in [0.25, 0.3) is 5.91 Å². The number of piperidine rings is 1. The number of carbonyl (C=O) groups excluding carboxylic acids is 1. The van der Waals surface area contributed by atoms with E-state index in [-0.39, 0.29) is 23.1 Å². The maximum Gasteiger partial charge on any atom is 0.273 e. The Morgan fingerprint density at radius 3 is 2.73 bits per heavy atom. The van der Waals surface area contributed by atoms with Crippen molar-refractivity contribution in [2.24, 2.45) is 10.7 Å². The van der Waals surface area contributed by atoms with Crippen molar-refractivity contribution in [3.63, 3.8) is 0 Å². The van der Waals surface area contributed by atoms with Crippen LogP contribution in [0.3, 0.4) is 0 Å². The molecule has 11 heteroatoms. The first-order chi connectivity index (χ1) is 17.8. The van der Waals surface area contributed by atoms with E-state index in [4.69, 9.17) is 34.3 Å². The minimum atomic E-state index is -0.585. The molecule has 5 N–H and O–H groups in total. The molecule has 0 spiro atoms. The quantitative estimate of drug-likeness (QED) is 0.310. The Morgan fingerprint density at radius 2 is 2.00 bits per heavy atom. The molecule has 2 heterocycles. The van der Waals surface area contributed by atoms with Crippen molar-refractivity contribution in [3.05, 3.63) is 69.6 Å². The Kier molecular flexibility index (Phi) is 8.68. The number of anilines is 2. The van der Waals surface area contributed by atoms with Gasteiger partial charge in [0, 0.05) is 54.2 Å². The van der Waals surface area contributed by atoms with Gasteiger partial charge in [-0.3, -0.25) is 15.2 Å². The molecule has 0 aliphatic carbocycles. The maximum atomic E-state index is 14.0. The number of nitrogens with zero attached hydrogens (tertiary/aromatic N) is 3. The van der Waals surface area contributed by atoms with Crippen LogP contribution in [0.15, 0.2) is 53.2 Å². The van der Waals surface area contributed by atoms with Crippen LogP contribution >= 0.6 is 23.2 Å². The second kappa shape index (κ2) is 11.9.